The van der Waals surface area contributed by atoms with Gasteiger partial charge in [0.15, 0.2) is 0 Å². The minimum absolute atomic E-state index is 0. The van der Waals surface area contributed by atoms with Crippen LogP contribution in [0.2, 0.25) is 0 Å². The zero-order valence-electron chi connectivity index (χ0n) is 9.77. The molecule has 2 aromatic rings. The van der Waals surface area contributed by atoms with Crippen molar-refractivity contribution >= 4 is 24.0 Å². The lowest BCUT2D eigenvalue weighted by atomic mass is 10.1. The van der Waals surface area contributed by atoms with E-state index < -0.39 is 0 Å². The number of halogens is 2. The molecule has 0 saturated carbocycles. The molecule has 0 aliphatic carbocycles. The van der Waals surface area contributed by atoms with Crippen LogP contribution < -0.4 is 0 Å². The molecule has 0 unspecified atom stereocenters. The van der Waals surface area contributed by atoms with Crippen LogP contribution in [0.5, 0.6) is 0 Å². The molecule has 0 N–H and O–H groups in total. The molecule has 1 aromatic heterocycles. The summed E-state index contributed by atoms with van der Waals surface area (Å²) < 4.78 is 2.10. The number of aromatic nitrogens is 2. The molecule has 0 radical (unpaired) electrons. The van der Waals surface area contributed by atoms with Gasteiger partial charge in [-0.2, -0.15) is 0 Å². The van der Waals surface area contributed by atoms with Crippen molar-refractivity contribution in [1.29, 1.82) is 0 Å². The molecule has 17 heavy (non-hydrogen) atoms. The highest BCUT2D eigenvalue weighted by Gasteiger charge is 2.00. The molecule has 0 saturated heterocycles. The number of alkyl halides is 1. The van der Waals surface area contributed by atoms with E-state index >= 15 is 0 Å². The number of rotatable bonds is 4. The Labute approximate surface area is 113 Å². The summed E-state index contributed by atoms with van der Waals surface area (Å²) in [6.45, 7) is 3.04. The number of aryl methyl sites for hydroxylation is 3. The standard InChI is InChI=1S/C13H15ClN2.ClH/c1-11-2-4-12(5-3-11)6-7-16-10-15-9-13(16)8-14;/h2-5,9-10H,6-8H2,1H3;1H. The fraction of sp³-hybridized carbons (Fsp3) is 0.308. The quantitative estimate of drug-likeness (QED) is 0.777. The molecule has 1 heterocycles. The van der Waals surface area contributed by atoms with Crippen molar-refractivity contribution < 1.29 is 0 Å². The van der Waals surface area contributed by atoms with Crippen LogP contribution in [0.15, 0.2) is 36.8 Å². The van der Waals surface area contributed by atoms with Gasteiger partial charge in [0, 0.05) is 12.7 Å². The zero-order valence-corrected chi connectivity index (χ0v) is 11.3. The molecular weight excluding hydrogens is 255 g/mol. The van der Waals surface area contributed by atoms with Crippen LogP contribution in [-0.2, 0) is 18.8 Å². The average molecular weight is 271 g/mol. The second-order valence-electron chi connectivity index (χ2n) is 3.95. The molecule has 92 valence electrons. The summed E-state index contributed by atoms with van der Waals surface area (Å²) in [6, 6.07) is 8.64. The van der Waals surface area contributed by atoms with Crippen LogP contribution in [0.1, 0.15) is 16.8 Å². The minimum Gasteiger partial charge on any atom is -0.333 e. The average Bonchev–Trinajstić information content (AvgIpc) is 2.76. The lowest BCUT2D eigenvalue weighted by Crippen LogP contribution is -2.03. The van der Waals surface area contributed by atoms with E-state index in [2.05, 4.69) is 40.7 Å². The van der Waals surface area contributed by atoms with Gasteiger partial charge in [-0.1, -0.05) is 29.8 Å². The third-order valence-electron chi connectivity index (χ3n) is 2.70. The Bertz CT molecular complexity index is 449. The van der Waals surface area contributed by atoms with Gasteiger partial charge in [-0.3, -0.25) is 0 Å². The normalized spacial score (nSPS) is 10.0. The van der Waals surface area contributed by atoms with Gasteiger partial charge in [0.2, 0.25) is 0 Å². The first-order chi connectivity index (χ1) is 7.79. The fourth-order valence-corrected chi connectivity index (χ4v) is 1.89. The van der Waals surface area contributed by atoms with E-state index in [-0.39, 0.29) is 12.4 Å². The SMILES string of the molecule is Cc1ccc(CCn2cncc2CCl)cc1.Cl. The molecule has 0 fully saturated rings. The van der Waals surface area contributed by atoms with Crippen LogP contribution in [0, 0.1) is 6.92 Å². The van der Waals surface area contributed by atoms with E-state index in [1.54, 1.807) is 0 Å². The molecule has 0 amide bonds. The van der Waals surface area contributed by atoms with Crippen molar-refractivity contribution in [3.63, 3.8) is 0 Å². The second-order valence-corrected chi connectivity index (χ2v) is 4.21. The second kappa shape index (κ2) is 6.67. The topological polar surface area (TPSA) is 17.8 Å². The van der Waals surface area contributed by atoms with Gasteiger partial charge in [-0.25, -0.2) is 4.98 Å². The van der Waals surface area contributed by atoms with Crippen LogP contribution >= 0.6 is 24.0 Å². The summed E-state index contributed by atoms with van der Waals surface area (Å²) in [5.74, 6) is 0.522. The smallest absolute Gasteiger partial charge is 0.0948 e. The summed E-state index contributed by atoms with van der Waals surface area (Å²) in [5.41, 5.74) is 3.72. The predicted molar refractivity (Wildman–Crippen MR) is 73.9 cm³/mol. The Balaban J connectivity index is 0.00000144. The monoisotopic (exact) mass is 270 g/mol. The highest BCUT2D eigenvalue weighted by molar-refractivity contribution is 6.16. The van der Waals surface area contributed by atoms with E-state index in [1.807, 2.05) is 12.5 Å². The molecule has 4 heteroatoms. The Morgan fingerprint density at radius 2 is 1.94 bits per heavy atom. The van der Waals surface area contributed by atoms with Gasteiger partial charge in [0.1, 0.15) is 0 Å². The van der Waals surface area contributed by atoms with Crippen LogP contribution in [0.25, 0.3) is 0 Å². The molecule has 0 atom stereocenters. The van der Waals surface area contributed by atoms with E-state index in [9.17, 15) is 0 Å². The largest absolute Gasteiger partial charge is 0.333 e. The summed E-state index contributed by atoms with van der Waals surface area (Å²) in [5, 5.41) is 0. The third kappa shape index (κ3) is 3.76. The van der Waals surface area contributed by atoms with Crippen molar-refractivity contribution in [3.8, 4) is 0 Å². The minimum atomic E-state index is 0. The Hall–Kier alpha value is -0.990. The van der Waals surface area contributed by atoms with Gasteiger partial charge in [-0.05, 0) is 18.9 Å². The van der Waals surface area contributed by atoms with Crippen LogP contribution in [-0.4, -0.2) is 9.55 Å². The van der Waals surface area contributed by atoms with Gasteiger partial charge in [0.25, 0.3) is 0 Å². The van der Waals surface area contributed by atoms with Crippen molar-refractivity contribution in [2.75, 3.05) is 0 Å². The number of benzene rings is 1. The summed E-state index contributed by atoms with van der Waals surface area (Å²) in [4.78, 5) is 4.10. The first-order valence-electron chi connectivity index (χ1n) is 5.40. The third-order valence-corrected chi connectivity index (χ3v) is 2.97. The fourth-order valence-electron chi connectivity index (χ4n) is 1.67. The van der Waals surface area contributed by atoms with E-state index in [0.29, 0.717) is 5.88 Å². The van der Waals surface area contributed by atoms with E-state index in [4.69, 9.17) is 11.6 Å². The maximum absolute atomic E-state index is 5.82. The highest BCUT2D eigenvalue weighted by atomic mass is 35.5. The lowest BCUT2D eigenvalue weighted by molar-refractivity contribution is 0.674. The Morgan fingerprint density at radius 3 is 2.59 bits per heavy atom. The number of hydrogen-bond donors (Lipinski definition) is 0. The lowest BCUT2D eigenvalue weighted by Gasteiger charge is -2.06. The van der Waals surface area contributed by atoms with E-state index in [1.165, 1.54) is 11.1 Å². The molecular formula is C13H16Cl2N2. The first-order valence-corrected chi connectivity index (χ1v) is 5.93. The highest BCUT2D eigenvalue weighted by Crippen LogP contribution is 2.08. The van der Waals surface area contributed by atoms with Crippen LogP contribution in [0.3, 0.4) is 0 Å². The summed E-state index contributed by atoms with van der Waals surface area (Å²) in [6.07, 6.45) is 4.68. The number of nitrogens with zero attached hydrogens (tertiary/aromatic N) is 2. The zero-order chi connectivity index (χ0) is 11.4. The number of imidazole rings is 1. The van der Waals surface area contributed by atoms with Crippen molar-refractivity contribution in [3.05, 3.63) is 53.6 Å². The molecule has 0 aliphatic rings. The van der Waals surface area contributed by atoms with Gasteiger partial charge >= 0.3 is 0 Å². The maximum atomic E-state index is 5.82. The van der Waals surface area contributed by atoms with Crippen molar-refractivity contribution in [1.82, 2.24) is 9.55 Å². The Kier molecular flexibility index (Phi) is 5.52. The molecule has 2 rings (SSSR count). The van der Waals surface area contributed by atoms with Crippen LogP contribution in [0.4, 0.5) is 0 Å². The molecule has 0 aliphatic heterocycles. The Morgan fingerprint density at radius 1 is 1.24 bits per heavy atom. The first kappa shape index (κ1) is 14.1. The summed E-state index contributed by atoms with van der Waals surface area (Å²) in [7, 11) is 0. The molecule has 0 bridgehead atoms. The van der Waals surface area contributed by atoms with Gasteiger partial charge < -0.3 is 4.57 Å². The van der Waals surface area contributed by atoms with E-state index in [0.717, 1.165) is 18.7 Å². The molecule has 1 aromatic carbocycles. The number of hydrogen-bond acceptors (Lipinski definition) is 1. The van der Waals surface area contributed by atoms with Gasteiger partial charge in [0.05, 0.1) is 17.9 Å². The predicted octanol–water partition coefficient (Wildman–Crippen LogP) is 3.59. The maximum Gasteiger partial charge on any atom is 0.0948 e. The van der Waals surface area contributed by atoms with Gasteiger partial charge in [-0.15, -0.1) is 24.0 Å². The summed E-state index contributed by atoms with van der Waals surface area (Å²) >= 11 is 5.82. The van der Waals surface area contributed by atoms with Crippen molar-refractivity contribution in [2.45, 2.75) is 25.8 Å². The molecule has 2 nitrogen and oxygen atoms in total. The van der Waals surface area contributed by atoms with Crippen molar-refractivity contribution in [2.24, 2.45) is 0 Å². The molecule has 0 spiro atoms.